The minimum Gasteiger partial charge on any atom is -0.384 e. The van der Waals surface area contributed by atoms with Gasteiger partial charge in [0, 0.05) is 18.1 Å². The van der Waals surface area contributed by atoms with Crippen molar-refractivity contribution in [1.82, 2.24) is 9.97 Å². The summed E-state index contributed by atoms with van der Waals surface area (Å²) in [6.07, 6.45) is 1.09. The molecule has 12 heteroatoms. The van der Waals surface area contributed by atoms with Crippen LogP contribution in [0.15, 0.2) is 30.6 Å². The van der Waals surface area contributed by atoms with Gasteiger partial charge in [0.25, 0.3) is 0 Å². The number of carbonyl (C=O) groups is 1. The van der Waals surface area contributed by atoms with Gasteiger partial charge in [0.1, 0.15) is 17.9 Å². The van der Waals surface area contributed by atoms with Crippen LogP contribution < -0.4 is 15.7 Å². The SMILES string of the molecule is NC(=O)CCc1cc(OS(=O)(=O)C(F)(F)F)ccc1-c1cc(N)ncn1. The van der Waals surface area contributed by atoms with Crippen molar-refractivity contribution in [2.24, 2.45) is 5.73 Å². The highest BCUT2D eigenvalue weighted by Gasteiger charge is 2.48. The number of alkyl halides is 3. The lowest BCUT2D eigenvalue weighted by atomic mass is 9.99. The molecular weight excluding hydrogens is 377 g/mol. The number of nitrogens with two attached hydrogens (primary N) is 2. The number of carbonyl (C=O) groups excluding carboxylic acids is 1. The Morgan fingerprint density at radius 2 is 1.88 bits per heavy atom. The van der Waals surface area contributed by atoms with Gasteiger partial charge in [-0.2, -0.15) is 21.6 Å². The zero-order valence-corrected chi connectivity index (χ0v) is 13.8. The third-order valence-corrected chi connectivity index (χ3v) is 4.15. The van der Waals surface area contributed by atoms with Crippen molar-refractivity contribution < 1.29 is 30.6 Å². The molecule has 0 radical (unpaired) electrons. The average Bonchev–Trinajstić information content (AvgIpc) is 2.51. The van der Waals surface area contributed by atoms with E-state index in [-0.39, 0.29) is 18.7 Å². The van der Waals surface area contributed by atoms with E-state index in [1.54, 1.807) is 0 Å². The molecule has 1 aromatic carbocycles. The number of aryl methyl sites for hydroxylation is 1. The van der Waals surface area contributed by atoms with Crippen LogP contribution in [0.2, 0.25) is 0 Å². The summed E-state index contributed by atoms with van der Waals surface area (Å²) in [5, 5.41) is 0. The first-order chi connectivity index (χ1) is 12.0. The highest BCUT2D eigenvalue weighted by atomic mass is 32.2. The maximum atomic E-state index is 12.5. The summed E-state index contributed by atoms with van der Waals surface area (Å²) in [7, 11) is -5.82. The lowest BCUT2D eigenvalue weighted by Crippen LogP contribution is -2.28. The second-order valence-corrected chi connectivity index (χ2v) is 6.63. The molecule has 8 nitrogen and oxygen atoms in total. The summed E-state index contributed by atoms with van der Waals surface area (Å²) in [5.74, 6) is -1.06. The molecule has 2 rings (SSSR count). The summed E-state index contributed by atoms with van der Waals surface area (Å²) in [6, 6.07) is 4.82. The third-order valence-electron chi connectivity index (χ3n) is 3.17. The van der Waals surface area contributed by atoms with Crippen LogP contribution >= 0.6 is 0 Å². The fraction of sp³-hybridized carbons (Fsp3) is 0.214. The second kappa shape index (κ2) is 7.15. The molecule has 0 atom stereocenters. The summed E-state index contributed by atoms with van der Waals surface area (Å²) in [5.41, 5.74) is 6.15. The second-order valence-electron chi connectivity index (χ2n) is 5.10. The molecule has 0 bridgehead atoms. The molecule has 0 aliphatic heterocycles. The van der Waals surface area contributed by atoms with Gasteiger partial charge in [0.15, 0.2) is 0 Å². The smallest absolute Gasteiger partial charge is 0.384 e. The Morgan fingerprint density at radius 3 is 2.46 bits per heavy atom. The van der Waals surface area contributed by atoms with Gasteiger partial charge in [-0.3, -0.25) is 4.79 Å². The Labute approximate surface area is 146 Å². The number of hydrogen-bond acceptors (Lipinski definition) is 7. The molecule has 140 valence electrons. The van der Waals surface area contributed by atoms with E-state index in [0.29, 0.717) is 16.8 Å². The number of rotatable bonds is 6. The van der Waals surface area contributed by atoms with E-state index in [0.717, 1.165) is 12.1 Å². The van der Waals surface area contributed by atoms with Crippen LogP contribution in [0.1, 0.15) is 12.0 Å². The van der Waals surface area contributed by atoms with Gasteiger partial charge in [-0.15, -0.1) is 0 Å². The zero-order chi connectivity index (χ0) is 19.5. The van der Waals surface area contributed by atoms with Crippen molar-refractivity contribution in [3.05, 3.63) is 36.2 Å². The van der Waals surface area contributed by atoms with Crippen molar-refractivity contribution in [2.45, 2.75) is 18.3 Å². The van der Waals surface area contributed by atoms with Gasteiger partial charge in [-0.05, 0) is 30.2 Å². The highest BCUT2D eigenvalue weighted by Crippen LogP contribution is 2.31. The fourth-order valence-electron chi connectivity index (χ4n) is 2.03. The third kappa shape index (κ3) is 4.59. The summed E-state index contributed by atoms with van der Waals surface area (Å²) < 4.78 is 63.8. The Bertz CT molecular complexity index is 932. The Hall–Kier alpha value is -2.89. The number of nitrogen functional groups attached to an aromatic ring is 1. The number of anilines is 1. The molecule has 1 heterocycles. The predicted octanol–water partition coefficient (Wildman–Crippen LogP) is 1.37. The van der Waals surface area contributed by atoms with Gasteiger partial charge < -0.3 is 15.7 Å². The molecule has 4 N–H and O–H groups in total. The van der Waals surface area contributed by atoms with Crippen molar-refractivity contribution in [3.63, 3.8) is 0 Å². The van der Waals surface area contributed by atoms with E-state index in [2.05, 4.69) is 14.2 Å². The number of benzene rings is 1. The molecule has 0 spiro atoms. The van der Waals surface area contributed by atoms with Crippen LogP contribution in [0.3, 0.4) is 0 Å². The van der Waals surface area contributed by atoms with E-state index in [1.165, 1.54) is 18.5 Å². The normalized spacial score (nSPS) is 12.0. The molecule has 0 unspecified atom stereocenters. The number of primary amides is 1. The standard InChI is InChI=1S/C14H13F3N4O4S/c15-14(16,17)26(23,24)25-9-2-3-10(8(5-9)1-4-13(19)22)11-6-12(18)21-7-20-11/h2-3,5-7H,1,4H2,(H2,19,22)(H2,18,20,21). The Morgan fingerprint density at radius 1 is 1.19 bits per heavy atom. The average molecular weight is 390 g/mol. The van der Waals surface area contributed by atoms with Crippen LogP contribution in [0.4, 0.5) is 19.0 Å². The minimum absolute atomic E-state index is 0.0256. The molecule has 0 saturated carbocycles. The Balaban J connectivity index is 2.46. The van der Waals surface area contributed by atoms with E-state index in [1.807, 2.05) is 0 Å². The highest BCUT2D eigenvalue weighted by molar-refractivity contribution is 7.88. The van der Waals surface area contributed by atoms with Gasteiger partial charge in [-0.1, -0.05) is 0 Å². The van der Waals surface area contributed by atoms with Gasteiger partial charge in [0.05, 0.1) is 5.69 Å². The maximum absolute atomic E-state index is 12.5. The first-order valence-electron chi connectivity index (χ1n) is 6.99. The number of nitrogens with zero attached hydrogens (tertiary/aromatic N) is 2. The van der Waals surface area contributed by atoms with E-state index in [4.69, 9.17) is 11.5 Å². The first-order valence-corrected chi connectivity index (χ1v) is 8.40. The number of halogens is 3. The van der Waals surface area contributed by atoms with Crippen molar-refractivity contribution in [1.29, 1.82) is 0 Å². The predicted molar refractivity (Wildman–Crippen MR) is 85.0 cm³/mol. The molecule has 26 heavy (non-hydrogen) atoms. The maximum Gasteiger partial charge on any atom is 0.534 e. The Kier molecular flexibility index (Phi) is 5.35. The lowest BCUT2D eigenvalue weighted by Gasteiger charge is -2.13. The summed E-state index contributed by atoms with van der Waals surface area (Å²) in [4.78, 5) is 18.7. The largest absolute Gasteiger partial charge is 0.534 e. The lowest BCUT2D eigenvalue weighted by molar-refractivity contribution is -0.118. The van der Waals surface area contributed by atoms with Gasteiger partial charge in [-0.25, -0.2) is 9.97 Å². The minimum atomic E-state index is -5.82. The van der Waals surface area contributed by atoms with Crippen molar-refractivity contribution in [2.75, 3.05) is 5.73 Å². The molecule has 1 aromatic heterocycles. The zero-order valence-electron chi connectivity index (χ0n) is 13.0. The number of hydrogen-bond donors (Lipinski definition) is 2. The van der Waals surface area contributed by atoms with E-state index in [9.17, 15) is 26.4 Å². The van der Waals surface area contributed by atoms with Crippen LogP contribution in [0, 0.1) is 0 Å². The molecule has 0 aliphatic carbocycles. The monoisotopic (exact) mass is 390 g/mol. The van der Waals surface area contributed by atoms with Gasteiger partial charge >= 0.3 is 15.6 Å². The van der Waals surface area contributed by atoms with E-state index >= 15 is 0 Å². The van der Waals surface area contributed by atoms with E-state index < -0.39 is 27.3 Å². The molecule has 1 amide bonds. The summed E-state index contributed by atoms with van der Waals surface area (Å²) in [6.45, 7) is 0. The molecule has 2 aromatic rings. The van der Waals surface area contributed by atoms with Crippen molar-refractivity contribution >= 4 is 21.8 Å². The summed E-state index contributed by atoms with van der Waals surface area (Å²) >= 11 is 0. The topological polar surface area (TPSA) is 138 Å². The fourth-order valence-corrected chi connectivity index (χ4v) is 2.48. The van der Waals surface area contributed by atoms with Crippen LogP contribution in [0.5, 0.6) is 5.75 Å². The van der Waals surface area contributed by atoms with Crippen LogP contribution in [-0.2, 0) is 21.3 Å². The molecular formula is C14H13F3N4O4S. The molecule has 0 fully saturated rings. The number of amides is 1. The van der Waals surface area contributed by atoms with Gasteiger partial charge in [0.2, 0.25) is 5.91 Å². The van der Waals surface area contributed by atoms with Crippen LogP contribution in [0.25, 0.3) is 11.3 Å². The molecule has 0 aliphatic rings. The molecule has 0 saturated heterocycles. The number of aromatic nitrogens is 2. The van der Waals surface area contributed by atoms with Crippen molar-refractivity contribution in [3.8, 4) is 17.0 Å². The van der Waals surface area contributed by atoms with Crippen LogP contribution in [-0.4, -0.2) is 29.8 Å². The first kappa shape index (κ1) is 19.4. The quantitative estimate of drug-likeness (QED) is 0.561.